The monoisotopic (exact) mass is 206 g/mol. The van der Waals surface area contributed by atoms with Gasteiger partial charge in [0.1, 0.15) is 0 Å². The molecule has 2 bridgehead atoms. The normalized spacial score (nSPS) is 32.7. The summed E-state index contributed by atoms with van der Waals surface area (Å²) in [5.74, 6) is 0.600. The molecule has 0 unspecified atom stereocenters. The molecule has 0 radical (unpaired) electrons. The van der Waals surface area contributed by atoms with Crippen molar-refractivity contribution < 1.29 is 9.53 Å². The standard InChI is InChI=1S/C13H18O2/c1-3-15-12(14)10(2)8-13-6-4-11(9-13)5-7-13/h3,11H,1-2,4-9H2. The molecule has 0 heterocycles. The molecule has 2 aliphatic carbocycles. The SMILES string of the molecule is C=COC(=O)C(=C)CC12CCC(CC1)C2. The van der Waals surface area contributed by atoms with Gasteiger partial charge < -0.3 is 4.74 Å². The molecule has 0 aliphatic heterocycles. The van der Waals surface area contributed by atoms with Crippen molar-refractivity contribution in [1.82, 2.24) is 0 Å². The molecule has 0 aromatic carbocycles. The summed E-state index contributed by atoms with van der Waals surface area (Å²) in [6.07, 6.45) is 8.48. The molecule has 15 heavy (non-hydrogen) atoms. The van der Waals surface area contributed by atoms with E-state index in [0.717, 1.165) is 12.3 Å². The summed E-state index contributed by atoms with van der Waals surface area (Å²) < 4.78 is 4.74. The van der Waals surface area contributed by atoms with Gasteiger partial charge in [0.05, 0.1) is 6.26 Å². The first-order valence-electron chi connectivity index (χ1n) is 5.65. The van der Waals surface area contributed by atoms with Crippen LogP contribution in [0.2, 0.25) is 0 Å². The van der Waals surface area contributed by atoms with Gasteiger partial charge in [-0.15, -0.1) is 0 Å². The van der Waals surface area contributed by atoms with Crippen molar-refractivity contribution in [3.05, 3.63) is 25.0 Å². The van der Waals surface area contributed by atoms with Crippen molar-refractivity contribution in [3.63, 3.8) is 0 Å². The van der Waals surface area contributed by atoms with E-state index in [9.17, 15) is 4.79 Å². The van der Waals surface area contributed by atoms with E-state index in [2.05, 4.69) is 13.2 Å². The molecule has 0 aromatic rings. The minimum atomic E-state index is -0.310. The van der Waals surface area contributed by atoms with Crippen molar-refractivity contribution >= 4 is 5.97 Å². The Bertz CT molecular complexity index is 296. The Morgan fingerprint density at radius 1 is 1.47 bits per heavy atom. The van der Waals surface area contributed by atoms with E-state index in [0.29, 0.717) is 11.0 Å². The van der Waals surface area contributed by atoms with Crippen LogP contribution in [-0.4, -0.2) is 5.97 Å². The van der Waals surface area contributed by atoms with Crippen molar-refractivity contribution in [3.8, 4) is 0 Å². The molecule has 2 rings (SSSR count). The van der Waals surface area contributed by atoms with Gasteiger partial charge in [0.15, 0.2) is 0 Å². The summed E-state index contributed by atoms with van der Waals surface area (Å²) >= 11 is 0. The lowest BCUT2D eigenvalue weighted by Gasteiger charge is -2.26. The molecule has 0 aromatic heterocycles. The second kappa shape index (κ2) is 3.84. The molecular formula is C13H18O2. The number of hydrogen-bond donors (Lipinski definition) is 0. The second-order valence-electron chi connectivity index (χ2n) is 5.00. The fourth-order valence-corrected chi connectivity index (χ4v) is 3.24. The van der Waals surface area contributed by atoms with E-state index in [1.54, 1.807) is 0 Å². The number of rotatable bonds is 4. The minimum Gasteiger partial charge on any atom is -0.432 e. The van der Waals surface area contributed by atoms with Crippen LogP contribution in [0.25, 0.3) is 0 Å². The Labute approximate surface area is 91.0 Å². The molecule has 0 N–H and O–H groups in total. The van der Waals surface area contributed by atoms with Crippen molar-refractivity contribution in [2.75, 3.05) is 0 Å². The van der Waals surface area contributed by atoms with Crippen LogP contribution in [0, 0.1) is 11.3 Å². The maximum Gasteiger partial charge on any atom is 0.338 e. The molecule has 2 saturated carbocycles. The van der Waals surface area contributed by atoms with Crippen LogP contribution in [0.15, 0.2) is 25.0 Å². The molecule has 0 amide bonds. The highest BCUT2D eigenvalue weighted by molar-refractivity contribution is 5.88. The first-order valence-corrected chi connectivity index (χ1v) is 5.65. The topological polar surface area (TPSA) is 26.3 Å². The summed E-state index contributed by atoms with van der Waals surface area (Å²) in [4.78, 5) is 11.4. The van der Waals surface area contributed by atoms with Crippen LogP contribution in [-0.2, 0) is 9.53 Å². The zero-order valence-corrected chi connectivity index (χ0v) is 9.13. The van der Waals surface area contributed by atoms with Crippen LogP contribution < -0.4 is 0 Å². The summed E-state index contributed by atoms with van der Waals surface area (Å²) in [6.45, 7) is 7.20. The van der Waals surface area contributed by atoms with Gasteiger partial charge in [-0.25, -0.2) is 4.79 Å². The number of ether oxygens (including phenoxy) is 1. The van der Waals surface area contributed by atoms with Crippen LogP contribution in [0.5, 0.6) is 0 Å². The lowest BCUT2D eigenvalue weighted by molar-refractivity contribution is -0.134. The zero-order chi connectivity index (χ0) is 10.9. The van der Waals surface area contributed by atoms with E-state index in [4.69, 9.17) is 4.74 Å². The van der Waals surface area contributed by atoms with E-state index < -0.39 is 0 Å². The number of carbonyl (C=O) groups is 1. The highest BCUT2D eigenvalue weighted by atomic mass is 16.5. The zero-order valence-electron chi connectivity index (χ0n) is 9.13. The number of esters is 1. The predicted octanol–water partition coefficient (Wildman–Crippen LogP) is 3.20. The smallest absolute Gasteiger partial charge is 0.338 e. The van der Waals surface area contributed by atoms with Gasteiger partial charge >= 0.3 is 5.97 Å². The quantitative estimate of drug-likeness (QED) is 0.401. The highest BCUT2D eigenvalue weighted by Gasteiger charge is 2.45. The van der Waals surface area contributed by atoms with E-state index >= 15 is 0 Å². The first kappa shape index (κ1) is 10.5. The van der Waals surface area contributed by atoms with Crippen LogP contribution in [0.3, 0.4) is 0 Å². The summed E-state index contributed by atoms with van der Waals surface area (Å²) in [6, 6.07) is 0. The fourth-order valence-electron chi connectivity index (χ4n) is 3.24. The molecule has 2 fully saturated rings. The van der Waals surface area contributed by atoms with Crippen molar-refractivity contribution in [1.29, 1.82) is 0 Å². The van der Waals surface area contributed by atoms with Gasteiger partial charge in [-0.3, -0.25) is 0 Å². The van der Waals surface area contributed by atoms with Crippen LogP contribution in [0.4, 0.5) is 0 Å². The van der Waals surface area contributed by atoms with Crippen LogP contribution >= 0.6 is 0 Å². The van der Waals surface area contributed by atoms with Gasteiger partial charge in [0.2, 0.25) is 0 Å². The Hall–Kier alpha value is -1.05. The molecule has 2 heteroatoms. The number of fused-ring (bicyclic) bond motifs is 2. The van der Waals surface area contributed by atoms with E-state index in [1.165, 1.54) is 38.4 Å². The third kappa shape index (κ3) is 1.99. The molecule has 82 valence electrons. The molecule has 0 saturated heterocycles. The fraction of sp³-hybridized carbons (Fsp3) is 0.615. The van der Waals surface area contributed by atoms with Gasteiger partial charge in [0, 0.05) is 5.57 Å². The summed E-state index contributed by atoms with van der Waals surface area (Å²) in [5, 5.41) is 0. The van der Waals surface area contributed by atoms with Crippen LogP contribution in [0.1, 0.15) is 38.5 Å². The molecule has 2 nitrogen and oxygen atoms in total. The maximum atomic E-state index is 11.4. The average Bonchev–Trinajstić information content (AvgIpc) is 2.77. The Morgan fingerprint density at radius 2 is 2.13 bits per heavy atom. The number of carbonyl (C=O) groups excluding carboxylic acids is 1. The molecular weight excluding hydrogens is 188 g/mol. The first-order chi connectivity index (χ1) is 7.15. The largest absolute Gasteiger partial charge is 0.432 e. The highest BCUT2D eigenvalue weighted by Crippen LogP contribution is 2.56. The summed E-state index contributed by atoms with van der Waals surface area (Å²) in [5.41, 5.74) is 0.986. The van der Waals surface area contributed by atoms with E-state index in [1.807, 2.05) is 0 Å². The molecule has 2 aliphatic rings. The third-order valence-electron chi connectivity index (χ3n) is 3.95. The van der Waals surface area contributed by atoms with Crippen molar-refractivity contribution in [2.45, 2.75) is 38.5 Å². The minimum absolute atomic E-state index is 0.310. The number of hydrogen-bond acceptors (Lipinski definition) is 2. The lowest BCUT2D eigenvalue weighted by atomic mass is 9.79. The van der Waals surface area contributed by atoms with E-state index in [-0.39, 0.29) is 5.97 Å². The predicted molar refractivity (Wildman–Crippen MR) is 59.1 cm³/mol. The molecule has 0 atom stereocenters. The third-order valence-corrected chi connectivity index (χ3v) is 3.95. The van der Waals surface area contributed by atoms with Gasteiger partial charge in [-0.2, -0.15) is 0 Å². The van der Waals surface area contributed by atoms with Gasteiger partial charge in [-0.05, 0) is 49.9 Å². The van der Waals surface area contributed by atoms with Gasteiger partial charge in [0.25, 0.3) is 0 Å². The summed E-state index contributed by atoms with van der Waals surface area (Å²) in [7, 11) is 0. The second-order valence-corrected chi connectivity index (χ2v) is 5.00. The lowest BCUT2D eigenvalue weighted by Crippen LogP contribution is -2.18. The van der Waals surface area contributed by atoms with Gasteiger partial charge in [-0.1, -0.05) is 13.2 Å². The average molecular weight is 206 g/mol. The Kier molecular flexibility index (Phi) is 2.68. The maximum absolute atomic E-state index is 11.4. The molecule has 0 spiro atoms. The Balaban J connectivity index is 1.94. The van der Waals surface area contributed by atoms with Crippen molar-refractivity contribution in [2.24, 2.45) is 11.3 Å². The Morgan fingerprint density at radius 3 is 2.60 bits per heavy atom.